The molecule has 0 atom stereocenters. The number of benzene rings is 1. The van der Waals surface area contributed by atoms with Crippen LogP contribution in [0, 0.1) is 17.0 Å². The van der Waals surface area contributed by atoms with Gasteiger partial charge >= 0.3 is 0 Å². The molecular weight excluding hydrogens is 244 g/mol. The monoisotopic (exact) mass is 266 g/mol. The molecule has 1 aromatic rings. The van der Waals surface area contributed by atoms with Gasteiger partial charge in [-0.3, -0.25) is 10.1 Å². The lowest BCUT2D eigenvalue weighted by Crippen LogP contribution is -2.06. The molecule has 0 heterocycles. The maximum absolute atomic E-state index is 10.7. The van der Waals surface area contributed by atoms with E-state index < -0.39 is 0 Å². The summed E-state index contributed by atoms with van der Waals surface area (Å²) in [6, 6.07) is 5.08. The zero-order valence-electron chi connectivity index (χ0n) is 11.6. The second-order valence-corrected chi connectivity index (χ2v) is 4.50. The van der Waals surface area contributed by atoms with Crippen LogP contribution in [-0.2, 0) is 4.74 Å². The molecule has 106 valence electrons. The molecule has 5 nitrogen and oxygen atoms in total. The third kappa shape index (κ3) is 5.70. The summed E-state index contributed by atoms with van der Waals surface area (Å²) in [6.07, 6.45) is 3.19. The van der Waals surface area contributed by atoms with Gasteiger partial charge in [-0.1, -0.05) is 13.3 Å². The fourth-order valence-corrected chi connectivity index (χ4v) is 1.73. The first-order valence-corrected chi connectivity index (χ1v) is 6.71. The fourth-order valence-electron chi connectivity index (χ4n) is 1.73. The minimum Gasteiger partial charge on any atom is -0.385 e. The topological polar surface area (TPSA) is 64.4 Å². The van der Waals surface area contributed by atoms with E-state index in [1.165, 1.54) is 6.07 Å². The average molecular weight is 266 g/mol. The molecule has 0 aliphatic rings. The lowest BCUT2D eigenvalue weighted by atomic mass is 10.2. The molecule has 19 heavy (non-hydrogen) atoms. The van der Waals surface area contributed by atoms with Crippen LogP contribution in [0.4, 0.5) is 11.4 Å². The van der Waals surface area contributed by atoms with Crippen molar-refractivity contribution in [3.05, 3.63) is 33.9 Å². The Morgan fingerprint density at radius 2 is 2.05 bits per heavy atom. The molecule has 0 unspecified atom stereocenters. The minimum absolute atomic E-state index is 0.161. The molecular formula is C14H22N2O3. The Bertz CT molecular complexity index is 408. The SMILES string of the molecule is CCCCOCCCNc1ccc([N+](=O)[O-])c(C)c1. The Labute approximate surface area is 114 Å². The van der Waals surface area contributed by atoms with E-state index in [1.54, 1.807) is 19.1 Å². The summed E-state index contributed by atoms with van der Waals surface area (Å²) >= 11 is 0. The Balaban J connectivity index is 2.26. The van der Waals surface area contributed by atoms with Crippen LogP contribution < -0.4 is 5.32 Å². The van der Waals surface area contributed by atoms with Gasteiger partial charge in [0.25, 0.3) is 5.69 Å². The number of nitro groups is 1. The number of nitrogens with zero attached hydrogens (tertiary/aromatic N) is 1. The number of nitrogens with one attached hydrogen (secondary N) is 1. The second-order valence-electron chi connectivity index (χ2n) is 4.50. The molecule has 0 spiro atoms. The molecule has 0 aliphatic carbocycles. The van der Waals surface area contributed by atoms with E-state index in [9.17, 15) is 10.1 Å². The molecule has 0 aliphatic heterocycles. The fraction of sp³-hybridized carbons (Fsp3) is 0.571. The number of anilines is 1. The van der Waals surface area contributed by atoms with Crippen molar-refractivity contribution in [1.29, 1.82) is 0 Å². The Kier molecular flexibility index (Phi) is 6.89. The Morgan fingerprint density at radius 3 is 2.68 bits per heavy atom. The van der Waals surface area contributed by atoms with Gasteiger partial charge in [-0.15, -0.1) is 0 Å². The zero-order valence-corrected chi connectivity index (χ0v) is 11.6. The summed E-state index contributed by atoms with van der Waals surface area (Å²) < 4.78 is 5.46. The van der Waals surface area contributed by atoms with E-state index in [0.29, 0.717) is 5.56 Å². The molecule has 5 heteroatoms. The summed E-state index contributed by atoms with van der Waals surface area (Å²) in [6.45, 7) is 6.27. The van der Waals surface area contributed by atoms with Crippen LogP contribution >= 0.6 is 0 Å². The van der Waals surface area contributed by atoms with E-state index in [1.807, 2.05) is 0 Å². The molecule has 1 aromatic carbocycles. The van der Waals surface area contributed by atoms with E-state index >= 15 is 0 Å². The van der Waals surface area contributed by atoms with Gasteiger partial charge in [0.15, 0.2) is 0 Å². The van der Waals surface area contributed by atoms with E-state index in [2.05, 4.69) is 12.2 Å². The zero-order chi connectivity index (χ0) is 14.1. The lowest BCUT2D eigenvalue weighted by molar-refractivity contribution is -0.385. The number of aryl methyl sites for hydroxylation is 1. The molecule has 0 saturated heterocycles. The first kappa shape index (κ1) is 15.4. The summed E-state index contributed by atoms with van der Waals surface area (Å²) in [5.41, 5.74) is 1.75. The highest BCUT2D eigenvalue weighted by Gasteiger charge is 2.09. The van der Waals surface area contributed by atoms with Gasteiger partial charge in [-0.25, -0.2) is 0 Å². The Hall–Kier alpha value is -1.62. The van der Waals surface area contributed by atoms with Crippen molar-refractivity contribution in [2.45, 2.75) is 33.1 Å². The van der Waals surface area contributed by atoms with Crippen molar-refractivity contribution in [2.75, 3.05) is 25.1 Å². The number of hydrogen-bond acceptors (Lipinski definition) is 4. The maximum atomic E-state index is 10.7. The van der Waals surface area contributed by atoms with Crippen molar-refractivity contribution in [3.8, 4) is 0 Å². The molecule has 0 radical (unpaired) electrons. The largest absolute Gasteiger partial charge is 0.385 e. The van der Waals surface area contributed by atoms with Gasteiger partial charge in [0.1, 0.15) is 0 Å². The third-order valence-electron chi connectivity index (χ3n) is 2.83. The minimum atomic E-state index is -0.360. The van der Waals surface area contributed by atoms with Gasteiger partial charge in [0, 0.05) is 37.1 Å². The smallest absolute Gasteiger partial charge is 0.272 e. The quantitative estimate of drug-likeness (QED) is 0.422. The summed E-state index contributed by atoms with van der Waals surface area (Å²) in [5, 5.41) is 13.9. The highest BCUT2D eigenvalue weighted by atomic mass is 16.6. The van der Waals surface area contributed by atoms with Gasteiger partial charge in [0.2, 0.25) is 0 Å². The number of ether oxygens (including phenoxy) is 1. The molecule has 0 fully saturated rings. The van der Waals surface area contributed by atoms with Crippen LogP contribution in [0.3, 0.4) is 0 Å². The molecule has 0 amide bonds. The van der Waals surface area contributed by atoms with E-state index in [-0.39, 0.29) is 10.6 Å². The van der Waals surface area contributed by atoms with Gasteiger partial charge in [-0.2, -0.15) is 0 Å². The van der Waals surface area contributed by atoms with Crippen LogP contribution in [0.2, 0.25) is 0 Å². The Morgan fingerprint density at radius 1 is 1.32 bits per heavy atom. The molecule has 1 N–H and O–H groups in total. The van der Waals surface area contributed by atoms with Gasteiger partial charge in [0.05, 0.1) is 4.92 Å². The number of nitro benzene ring substituents is 1. The van der Waals surface area contributed by atoms with Crippen LogP contribution in [-0.4, -0.2) is 24.7 Å². The predicted molar refractivity (Wildman–Crippen MR) is 76.7 cm³/mol. The van der Waals surface area contributed by atoms with Crippen LogP contribution in [0.1, 0.15) is 31.7 Å². The molecule has 0 bridgehead atoms. The maximum Gasteiger partial charge on any atom is 0.272 e. The molecule has 0 saturated carbocycles. The lowest BCUT2D eigenvalue weighted by Gasteiger charge is -2.08. The van der Waals surface area contributed by atoms with Crippen molar-refractivity contribution in [2.24, 2.45) is 0 Å². The summed E-state index contributed by atoms with van der Waals surface area (Å²) in [7, 11) is 0. The highest BCUT2D eigenvalue weighted by molar-refractivity contribution is 5.53. The normalized spacial score (nSPS) is 10.4. The number of unbranched alkanes of at least 4 members (excludes halogenated alkanes) is 1. The van der Waals surface area contributed by atoms with Gasteiger partial charge < -0.3 is 10.1 Å². The second kappa shape index (κ2) is 8.48. The van der Waals surface area contributed by atoms with Crippen molar-refractivity contribution in [3.63, 3.8) is 0 Å². The van der Waals surface area contributed by atoms with Crippen LogP contribution in [0.5, 0.6) is 0 Å². The number of rotatable bonds is 9. The van der Waals surface area contributed by atoms with Crippen molar-refractivity contribution < 1.29 is 9.66 Å². The van der Waals surface area contributed by atoms with Crippen LogP contribution in [0.25, 0.3) is 0 Å². The van der Waals surface area contributed by atoms with E-state index in [0.717, 1.165) is 44.7 Å². The van der Waals surface area contributed by atoms with E-state index in [4.69, 9.17) is 4.74 Å². The first-order chi connectivity index (χ1) is 9.15. The third-order valence-corrected chi connectivity index (χ3v) is 2.83. The molecule has 0 aromatic heterocycles. The number of hydrogen-bond donors (Lipinski definition) is 1. The average Bonchev–Trinajstić information content (AvgIpc) is 2.37. The highest BCUT2D eigenvalue weighted by Crippen LogP contribution is 2.21. The van der Waals surface area contributed by atoms with Crippen molar-refractivity contribution >= 4 is 11.4 Å². The predicted octanol–water partition coefficient (Wildman–Crippen LogP) is 3.52. The summed E-state index contributed by atoms with van der Waals surface area (Å²) in [4.78, 5) is 10.3. The first-order valence-electron chi connectivity index (χ1n) is 6.71. The van der Waals surface area contributed by atoms with Crippen LogP contribution in [0.15, 0.2) is 18.2 Å². The standard InChI is InChI=1S/C14H22N2O3/c1-3-4-9-19-10-5-8-15-13-6-7-14(16(17)18)12(2)11-13/h6-7,11,15H,3-5,8-10H2,1-2H3. The summed E-state index contributed by atoms with van der Waals surface area (Å²) in [5.74, 6) is 0. The molecule has 1 rings (SSSR count). The van der Waals surface area contributed by atoms with Gasteiger partial charge in [-0.05, 0) is 31.9 Å². The van der Waals surface area contributed by atoms with Crippen molar-refractivity contribution in [1.82, 2.24) is 0 Å².